The van der Waals surface area contributed by atoms with Crippen LogP contribution in [0.25, 0.3) is 0 Å². The van der Waals surface area contributed by atoms with Gasteiger partial charge < -0.3 is 4.79 Å². The number of nitrogens with zero attached hydrogens (tertiary/aromatic N) is 2. The Morgan fingerprint density at radius 3 is 2.92 bits per heavy atom. The van der Waals surface area contributed by atoms with Gasteiger partial charge in [0, 0.05) is 19.4 Å². The lowest BCUT2D eigenvalue weighted by atomic mass is 10.1. The van der Waals surface area contributed by atoms with Crippen LogP contribution in [0.3, 0.4) is 0 Å². The van der Waals surface area contributed by atoms with Gasteiger partial charge in [-0.05, 0) is 15.9 Å². The van der Waals surface area contributed by atoms with Gasteiger partial charge in [0.25, 0.3) is 0 Å². The Bertz CT molecular complexity index is 263. The molecule has 3 nitrogen and oxygen atoms in total. The van der Waals surface area contributed by atoms with Crippen LogP contribution in [0.2, 0.25) is 0 Å². The molecule has 1 rings (SSSR count). The zero-order valence-electron chi connectivity index (χ0n) is 7.12. The first-order chi connectivity index (χ1) is 5.66. The molecule has 0 fully saturated rings. The molecular weight excluding hydrogens is 220 g/mol. The van der Waals surface area contributed by atoms with Crippen LogP contribution in [-0.4, -0.2) is 16.1 Å². The number of hydrogen-bond donors (Lipinski definition) is 0. The molecule has 1 unspecified atom stereocenters. The van der Waals surface area contributed by atoms with Gasteiger partial charge in [0.2, 0.25) is 0 Å². The zero-order valence-corrected chi connectivity index (χ0v) is 8.71. The highest BCUT2D eigenvalue weighted by Crippen LogP contribution is 2.25. The molecule has 1 aromatic heterocycles. The van der Waals surface area contributed by atoms with Crippen LogP contribution in [0.1, 0.15) is 25.0 Å². The second-order valence-electron chi connectivity index (χ2n) is 2.80. The second kappa shape index (κ2) is 3.85. The molecule has 1 aromatic rings. The van der Waals surface area contributed by atoms with Crippen LogP contribution >= 0.6 is 15.9 Å². The second-order valence-corrected chi connectivity index (χ2v) is 3.66. The van der Waals surface area contributed by atoms with Crippen molar-refractivity contribution in [1.29, 1.82) is 0 Å². The summed E-state index contributed by atoms with van der Waals surface area (Å²) < 4.78 is 2.76. The van der Waals surface area contributed by atoms with Crippen molar-refractivity contribution in [1.82, 2.24) is 9.78 Å². The van der Waals surface area contributed by atoms with Crippen molar-refractivity contribution >= 4 is 22.2 Å². The minimum atomic E-state index is 0.226. The summed E-state index contributed by atoms with van der Waals surface area (Å²) in [5.41, 5.74) is 1.07. The van der Waals surface area contributed by atoms with Crippen LogP contribution in [0.5, 0.6) is 0 Å². The molecule has 0 amide bonds. The zero-order chi connectivity index (χ0) is 9.14. The lowest BCUT2D eigenvalue weighted by molar-refractivity contribution is -0.108. The summed E-state index contributed by atoms with van der Waals surface area (Å²) in [5, 5.41) is 4.07. The highest BCUT2D eigenvalue weighted by Gasteiger charge is 2.13. The quantitative estimate of drug-likeness (QED) is 0.744. The first-order valence-corrected chi connectivity index (χ1v) is 4.57. The third kappa shape index (κ3) is 1.75. The summed E-state index contributed by atoms with van der Waals surface area (Å²) >= 11 is 3.39. The maximum atomic E-state index is 10.3. The van der Waals surface area contributed by atoms with Crippen molar-refractivity contribution in [3.8, 4) is 0 Å². The smallest absolute Gasteiger partial charge is 0.120 e. The lowest BCUT2D eigenvalue weighted by Crippen LogP contribution is -2.03. The molecule has 4 heteroatoms. The van der Waals surface area contributed by atoms with Gasteiger partial charge in [-0.1, -0.05) is 6.92 Å². The molecule has 1 heterocycles. The number of carbonyl (C=O) groups is 1. The predicted molar refractivity (Wildman–Crippen MR) is 50.0 cm³/mol. The molecular formula is C8H11BrN2O. The van der Waals surface area contributed by atoms with Gasteiger partial charge in [-0.25, -0.2) is 0 Å². The number of carbonyl (C=O) groups excluding carboxylic acids is 1. The van der Waals surface area contributed by atoms with Crippen molar-refractivity contribution in [2.24, 2.45) is 7.05 Å². The molecule has 0 aliphatic heterocycles. The first kappa shape index (κ1) is 9.45. The lowest BCUT2D eigenvalue weighted by Gasteiger charge is -2.08. The van der Waals surface area contributed by atoms with E-state index in [0.29, 0.717) is 6.42 Å². The third-order valence-electron chi connectivity index (χ3n) is 1.85. The fraction of sp³-hybridized carbons (Fsp3) is 0.500. The molecule has 0 aliphatic rings. The fourth-order valence-electron chi connectivity index (χ4n) is 1.23. The van der Waals surface area contributed by atoms with Crippen molar-refractivity contribution in [2.45, 2.75) is 19.3 Å². The molecule has 0 aromatic carbocycles. The number of rotatable bonds is 3. The van der Waals surface area contributed by atoms with Gasteiger partial charge in [0.15, 0.2) is 0 Å². The number of hydrogen-bond acceptors (Lipinski definition) is 2. The minimum Gasteiger partial charge on any atom is -0.303 e. The van der Waals surface area contributed by atoms with Crippen LogP contribution in [0, 0.1) is 0 Å². The van der Waals surface area contributed by atoms with E-state index < -0.39 is 0 Å². The van der Waals surface area contributed by atoms with Gasteiger partial charge in [0.05, 0.1) is 16.4 Å². The molecule has 0 bridgehead atoms. The summed E-state index contributed by atoms with van der Waals surface area (Å²) in [6.45, 7) is 2.01. The monoisotopic (exact) mass is 230 g/mol. The van der Waals surface area contributed by atoms with Crippen molar-refractivity contribution in [2.75, 3.05) is 0 Å². The van der Waals surface area contributed by atoms with Gasteiger partial charge in [-0.15, -0.1) is 0 Å². The van der Waals surface area contributed by atoms with E-state index in [1.807, 2.05) is 14.0 Å². The van der Waals surface area contributed by atoms with Gasteiger partial charge in [-0.3, -0.25) is 4.68 Å². The average Bonchev–Trinajstić information content (AvgIpc) is 2.32. The highest BCUT2D eigenvalue weighted by atomic mass is 79.9. The predicted octanol–water partition coefficient (Wildman–Crippen LogP) is 1.88. The van der Waals surface area contributed by atoms with Crippen LogP contribution in [0.15, 0.2) is 10.7 Å². The van der Waals surface area contributed by atoms with E-state index in [2.05, 4.69) is 21.0 Å². The molecule has 0 aliphatic carbocycles. The number of aldehydes is 1. The van der Waals surface area contributed by atoms with Crippen LogP contribution in [0.4, 0.5) is 0 Å². The Labute approximate surface area is 79.9 Å². The van der Waals surface area contributed by atoms with E-state index in [-0.39, 0.29) is 5.92 Å². The Morgan fingerprint density at radius 2 is 2.50 bits per heavy atom. The molecule has 0 radical (unpaired) electrons. The highest BCUT2D eigenvalue weighted by molar-refractivity contribution is 9.10. The van der Waals surface area contributed by atoms with E-state index in [4.69, 9.17) is 0 Å². The van der Waals surface area contributed by atoms with Crippen LogP contribution < -0.4 is 0 Å². The summed E-state index contributed by atoms with van der Waals surface area (Å²) in [7, 11) is 1.88. The molecule has 12 heavy (non-hydrogen) atoms. The largest absolute Gasteiger partial charge is 0.303 e. The number of aryl methyl sites for hydroxylation is 1. The molecule has 0 saturated carbocycles. The maximum absolute atomic E-state index is 10.3. The van der Waals surface area contributed by atoms with Crippen molar-refractivity contribution in [3.63, 3.8) is 0 Å². The summed E-state index contributed by atoms with van der Waals surface area (Å²) in [4.78, 5) is 10.3. The average molecular weight is 231 g/mol. The van der Waals surface area contributed by atoms with E-state index in [9.17, 15) is 4.79 Å². The molecule has 0 spiro atoms. The van der Waals surface area contributed by atoms with Gasteiger partial charge in [0.1, 0.15) is 6.29 Å². The molecule has 0 saturated heterocycles. The normalized spacial score (nSPS) is 12.9. The van der Waals surface area contributed by atoms with Gasteiger partial charge in [-0.2, -0.15) is 5.10 Å². The van der Waals surface area contributed by atoms with Crippen LogP contribution in [-0.2, 0) is 11.8 Å². The Kier molecular flexibility index (Phi) is 3.03. The topological polar surface area (TPSA) is 34.9 Å². The van der Waals surface area contributed by atoms with E-state index >= 15 is 0 Å². The maximum Gasteiger partial charge on any atom is 0.120 e. The molecule has 66 valence electrons. The summed E-state index contributed by atoms with van der Waals surface area (Å²) in [6.07, 6.45) is 3.22. The molecule has 0 N–H and O–H groups in total. The van der Waals surface area contributed by atoms with E-state index in [0.717, 1.165) is 16.5 Å². The summed E-state index contributed by atoms with van der Waals surface area (Å²) in [5.74, 6) is 0.226. The van der Waals surface area contributed by atoms with Crippen molar-refractivity contribution < 1.29 is 4.79 Å². The van der Waals surface area contributed by atoms with E-state index in [1.54, 1.807) is 10.9 Å². The van der Waals surface area contributed by atoms with Gasteiger partial charge >= 0.3 is 0 Å². The van der Waals surface area contributed by atoms with Crippen molar-refractivity contribution in [3.05, 3.63) is 16.4 Å². The van der Waals surface area contributed by atoms with E-state index in [1.165, 1.54) is 0 Å². The number of aromatic nitrogens is 2. The Morgan fingerprint density at radius 1 is 1.83 bits per heavy atom. The molecule has 1 atom stereocenters. The minimum absolute atomic E-state index is 0.226. The summed E-state index contributed by atoms with van der Waals surface area (Å²) in [6, 6.07) is 0. The first-order valence-electron chi connectivity index (χ1n) is 3.77. The fourth-order valence-corrected chi connectivity index (χ4v) is 1.97. The Hall–Kier alpha value is -0.640. The third-order valence-corrected chi connectivity index (χ3v) is 2.47. The standard InChI is InChI=1S/C8H11BrN2O/c1-6(3-4-12)8-7(9)5-10-11(8)2/h4-6H,3H2,1-2H3. The Balaban J connectivity index is 2.92. The number of halogens is 1. The SMILES string of the molecule is CC(CC=O)c1c(Br)cnn1C.